The summed E-state index contributed by atoms with van der Waals surface area (Å²) in [5.41, 5.74) is 1.46. The first-order valence-corrected chi connectivity index (χ1v) is 7.79. The smallest absolute Gasteiger partial charge is 0.387 e. The quantitative estimate of drug-likeness (QED) is 0.401. The van der Waals surface area contributed by atoms with Crippen molar-refractivity contribution < 1.29 is 23.0 Å². The molecular formula is C19H14ClF2NO3. The van der Waals surface area contributed by atoms with Crippen LogP contribution in [0.2, 0.25) is 5.02 Å². The van der Waals surface area contributed by atoms with E-state index in [9.17, 15) is 18.8 Å². The minimum Gasteiger partial charge on any atom is -0.493 e. The number of hydrogen-bond acceptors (Lipinski definition) is 4. The molecule has 0 bridgehead atoms. The Bertz CT molecular complexity index is 904. The summed E-state index contributed by atoms with van der Waals surface area (Å²) >= 11 is 5.97. The van der Waals surface area contributed by atoms with E-state index in [1.165, 1.54) is 25.3 Å². The van der Waals surface area contributed by atoms with Crippen molar-refractivity contribution in [2.75, 3.05) is 7.11 Å². The maximum atomic E-state index is 12.5. The summed E-state index contributed by atoms with van der Waals surface area (Å²) < 4.78 is 34.3. The van der Waals surface area contributed by atoms with Gasteiger partial charge in [0.25, 0.3) is 0 Å². The van der Waals surface area contributed by atoms with Gasteiger partial charge < -0.3 is 9.47 Å². The van der Waals surface area contributed by atoms with Crippen LogP contribution >= 0.6 is 11.6 Å². The second-order valence-corrected chi connectivity index (χ2v) is 5.69. The molecule has 0 aliphatic rings. The maximum absolute atomic E-state index is 12.5. The Morgan fingerprint density at radius 1 is 1.31 bits per heavy atom. The maximum Gasteiger partial charge on any atom is 0.387 e. The summed E-state index contributed by atoms with van der Waals surface area (Å²) in [5.74, 6) is -0.812. The molecule has 0 heterocycles. The number of aryl methyl sites for hydroxylation is 1. The van der Waals surface area contributed by atoms with Crippen LogP contribution in [-0.4, -0.2) is 19.5 Å². The van der Waals surface area contributed by atoms with Gasteiger partial charge in [-0.2, -0.15) is 14.0 Å². The highest BCUT2D eigenvalue weighted by atomic mass is 35.5. The van der Waals surface area contributed by atoms with Crippen molar-refractivity contribution in [2.24, 2.45) is 0 Å². The minimum atomic E-state index is -3.07. The predicted molar refractivity (Wildman–Crippen MR) is 93.7 cm³/mol. The number of methoxy groups -OCH3 is 1. The van der Waals surface area contributed by atoms with Crippen LogP contribution in [0.4, 0.5) is 8.78 Å². The summed E-state index contributed by atoms with van der Waals surface area (Å²) in [6, 6.07) is 11.3. The number of carbonyl (C=O) groups is 1. The van der Waals surface area contributed by atoms with Crippen molar-refractivity contribution in [3.8, 4) is 17.6 Å². The standard InChI is InChI=1S/C19H14ClF2NO3/c1-11-4-3-5-13(6-11)17(24)14(10-23)7-12-8-15(20)18(26-19(21)22)16(9-12)25-2/h3-9,19H,1-2H3/b14-7+. The van der Waals surface area contributed by atoms with Gasteiger partial charge in [-0.1, -0.05) is 35.4 Å². The van der Waals surface area contributed by atoms with Gasteiger partial charge in [-0.15, -0.1) is 0 Å². The van der Waals surface area contributed by atoms with Crippen molar-refractivity contribution in [1.82, 2.24) is 0 Å². The summed E-state index contributed by atoms with van der Waals surface area (Å²) in [6.07, 6.45) is 1.31. The van der Waals surface area contributed by atoms with Gasteiger partial charge in [0.2, 0.25) is 5.78 Å². The number of nitriles is 1. The van der Waals surface area contributed by atoms with E-state index in [2.05, 4.69) is 4.74 Å². The highest BCUT2D eigenvalue weighted by Gasteiger charge is 2.17. The van der Waals surface area contributed by atoms with E-state index in [1.807, 2.05) is 19.1 Å². The van der Waals surface area contributed by atoms with Crippen LogP contribution in [0.15, 0.2) is 42.0 Å². The van der Waals surface area contributed by atoms with Gasteiger partial charge in [-0.05, 0) is 36.8 Å². The van der Waals surface area contributed by atoms with E-state index in [1.54, 1.807) is 18.2 Å². The zero-order valence-electron chi connectivity index (χ0n) is 13.9. The monoisotopic (exact) mass is 377 g/mol. The molecular weight excluding hydrogens is 364 g/mol. The molecule has 0 spiro atoms. The molecule has 0 aromatic heterocycles. The summed E-state index contributed by atoms with van der Waals surface area (Å²) in [6.45, 7) is -1.24. The number of alkyl halides is 2. The zero-order valence-corrected chi connectivity index (χ0v) is 14.7. The third-order valence-corrected chi connectivity index (χ3v) is 3.70. The number of rotatable bonds is 6. The highest BCUT2D eigenvalue weighted by molar-refractivity contribution is 6.32. The first kappa shape index (κ1) is 19.4. The van der Waals surface area contributed by atoms with Crippen LogP contribution < -0.4 is 9.47 Å². The average Bonchev–Trinajstić information content (AvgIpc) is 2.60. The topological polar surface area (TPSA) is 59.3 Å². The van der Waals surface area contributed by atoms with Crippen molar-refractivity contribution in [1.29, 1.82) is 5.26 Å². The fourth-order valence-electron chi connectivity index (χ4n) is 2.28. The van der Waals surface area contributed by atoms with E-state index >= 15 is 0 Å². The number of hydrogen-bond donors (Lipinski definition) is 0. The molecule has 7 heteroatoms. The molecule has 0 aliphatic carbocycles. The Morgan fingerprint density at radius 3 is 2.62 bits per heavy atom. The van der Waals surface area contributed by atoms with Crippen molar-refractivity contribution >= 4 is 23.5 Å². The van der Waals surface area contributed by atoms with Crippen LogP contribution in [0.1, 0.15) is 21.5 Å². The molecule has 0 N–H and O–H groups in total. The first-order valence-electron chi connectivity index (χ1n) is 7.41. The Morgan fingerprint density at radius 2 is 2.04 bits per heavy atom. The molecule has 134 valence electrons. The van der Waals surface area contributed by atoms with Gasteiger partial charge in [0.1, 0.15) is 11.6 Å². The third-order valence-electron chi connectivity index (χ3n) is 3.42. The number of carbonyl (C=O) groups excluding carboxylic acids is 1. The Balaban J connectivity index is 2.44. The Labute approximate surface area is 154 Å². The number of halogens is 3. The Kier molecular flexibility index (Phi) is 6.31. The molecule has 0 saturated heterocycles. The lowest BCUT2D eigenvalue weighted by Crippen LogP contribution is -2.05. The number of allylic oxidation sites excluding steroid dienone is 1. The van der Waals surface area contributed by atoms with Gasteiger partial charge >= 0.3 is 6.61 Å². The lowest BCUT2D eigenvalue weighted by atomic mass is 10.0. The molecule has 0 atom stereocenters. The molecule has 0 aliphatic heterocycles. The lowest BCUT2D eigenvalue weighted by molar-refractivity contribution is -0.0511. The van der Waals surface area contributed by atoms with Gasteiger partial charge in [0, 0.05) is 5.56 Å². The van der Waals surface area contributed by atoms with Crippen LogP contribution in [0.5, 0.6) is 11.5 Å². The van der Waals surface area contributed by atoms with E-state index in [0.717, 1.165) is 5.56 Å². The molecule has 4 nitrogen and oxygen atoms in total. The van der Waals surface area contributed by atoms with E-state index < -0.39 is 12.4 Å². The second-order valence-electron chi connectivity index (χ2n) is 5.28. The fourth-order valence-corrected chi connectivity index (χ4v) is 2.55. The number of Topliss-reactive ketones (excluding diaryl/α,β-unsaturated/α-hetero) is 1. The van der Waals surface area contributed by atoms with Crippen LogP contribution in [0.3, 0.4) is 0 Å². The number of nitrogens with zero attached hydrogens (tertiary/aromatic N) is 1. The molecule has 26 heavy (non-hydrogen) atoms. The van der Waals surface area contributed by atoms with Crippen LogP contribution in [0.25, 0.3) is 6.08 Å². The number of ether oxygens (including phenoxy) is 2. The average molecular weight is 378 g/mol. The minimum absolute atomic E-state index is 0.0376. The number of benzene rings is 2. The van der Waals surface area contributed by atoms with Gasteiger partial charge in [-0.3, -0.25) is 4.79 Å². The summed E-state index contributed by atoms with van der Waals surface area (Å²) in [7, 11) is 1.26. The summed E-state index contributed by atoms with van der Waals surface area (Å²) in [4.78, 5) is 12.5. The molecule has 2 aromatic carbocycles. The number of ketones is 1. The van der Waals surface area contributed by atoms with E-state index in [4.69, 9.17) is 16.3 Å². The predicted octanol–water partition coefficient (Wildman–Crippen LogP) is 5.05. The molecule has 2 rings (SSSR count). The van der Waals surface area contributed by atoms with Gasteiger partial charge in [0.15, 0.2) is 11.5 Å². The molecule has 2 aromatic rings. The van der Waals surface area contributed by atoms with E-state index in [-0.39, 0.29) is 22.1 Å². The molecule has 0 fully saturated rings. The van der Waals surface area contributed by atoms with Gasteiger partial charge in [-0.25, -0.2) is 0 Å². The summed E-state index contributed by atoms with van der Waals surface area (Å²) in [5, 5.41) is 9.20. The van der Waals surface area contributed by atoms with Crippen molar-refractivity contribution in [3.63, 3.8) is 0 Å². The van der Waals surface area contributed by atoms with E-state index in [0.29, 0.717) is 11.1 Å². The molecule has 0 unspecified atom stereocenters. The zero-order chi connectivity index (χ0) is 19.3. The molecule has 0 saturated carbocycles. The Hall–Kier alpha value is -2.91. The van der Waals surface area contributed by atoms with Crippen molar-refractivity contribution in [3.05, 3.63) is 63.7 Å². The molecule has 0 radical (unpaired) electrons. The van der Waals surface area contributed by atoms with Crippen molar-refractivity contribution in [2.45, 2.75) is 13.5 Å². The highest BCUT2D eigenvalue weighted by Crippen LogP contribution is 2.38. The first-order chi connectivity index (χ1) is 12.3. The van der Waals surface area contributed by atoms with Gasteiger partial charge in [0.05, 0.1) is 12.1 Å². The largest absolute Gasteiger partial charge is 0.493 e. The molecule has 0 amide bonds. The normalized spacial score (nSPS) is 11.2. The SMILES string of the molecule is COc1cc(/C=C(\C#N)C(=O)c2cccc(C)c2)cc(Cl)c1OC(F)F. The fraction of sp³-hybridized carbons (Fsp3) is 0.158. The van der Waals surface area contributed by atoms with Crippen LogP contribution in [0, 0.1) is 18.3 Å². The lowest BCUT2D eigenvalue weighted by Gasteiger charge is -2.12. The van der Waals surface area contributed by atoms with Crippen LogP contribution in [-0.2, 0) is 0 Å². The third kappa shape index (κ3) is 4.58. The second kappa shape index (κ2) is 8.45.